The summed E-state index contributed by atoms with van der Waals surface area (Å²) in [6.45, 7) is 3.78. The number of hydrogen-bond donors (Lipinski definition) is 2. The lowest BCUT2D eigenvalue weighted by Gasteiger charge is -2.19. The smallest absolute Gasteiger partial charge is 0.321 e. The molecule has 1 aromatic carbocycles. The van der Waals surface area contributed by atoms with Gasteiger partial charge in [0.25, 0.3) is 0 Å². The summed E-state index contributed by atoms with van der Waals surface area (Å²) in [4.78, 5) is 18.8. The number of pyridine rings is 1. The van der Waals surface area contributed by atoms with Crippen molar-refractivity contribution in [3.05, 3.63) is 42.1 Å². The molecule has 1 aliphatic carbocycles. The van der Waals surface area contributed by atoms with Crippen LogP contribution in [-0.4, -0.2) is 29.0 Å². The van der Waals surface area contributed by atoms with Crippen molar-refractivity contribution < 1.29 is 4.79 Å². The van der Waals surface area contributed by atoms with Crippen LogP contribution in [0.15, 0.2) is 36.5 Å². The number of amides is 2. The van der Waals surface area contributed by atoms with E-state index in [1.54, 1.807) is 6.20 Å². The molecule has 25 heavy (non-hydrogen) atoms. The molecule has 0 radical (unpaired) electrons. The monoisotopic (exact) mass is 336 g/mol. The number of nitrogens with two attached hydrogens (primary N) is 1. The number of hydrogen-bond acceptors (Lipinski definition) is 3. The number of aromatic nitrogens is 1. The summed E-state index contributed by atoms with van der Waals surface area (Å²) in [5.41, 5.74) is 9.78. The number of anilines is 2. The van der Waals surface area contributed by atoms with Crippen LogP contribution in [0.1, 0.15) is 24.8 Å². The van der Waals surface area contributed by atoms with E-state index in [0.29, 0.717) is 23.3 Å². The second-order valence-electron chi connectivity index (χ2n) is 7.31. The summed E-state index contributed by atoms with van der Waals surface area (Å²) in [7, 11) is 0. The number of fused-ring (bicyclic) bond motifs is 1. The number of nitrogens with zero attached hydrogens (tertiary/aromatic N) is 2. The van der Waals surface area contributed by atoms with E-state index in [1.165, 1.54) is 24.8 Å². The van der Waals surface area contributed by atoms with Crippen LogP contribution in [0, 0.1) is 18.8 Å². The first-order valence-electron chi connectivity index (χ1n) is 8.98. The number of carbonyl (C=O) groups is 1. The first-order chi connectivity index (χ1) is 12.1. The van der Waals surface area contributed by atoms with E-state index in [0.717, 1.165) is 24.2 Å². The zero-order valence-electron chi connectivity index (χ0n) is 14.5. The van der Waals surface area contributed by atoms with Crippen molar-refractivity contribution in [1.82, 2.24) is 9.88 Å². The molecule has 2 heterocycles. The van der Waals surface area contributed by atoms with Gasteiger partial charge in [0.1, 0.15) is 5.82 Å². The van der Waals surface area contributed by atoms with Crippen LogP contribution >= 0.6 is 0 Å². The topological polar surface area (TPSA) is 71.2 Å². The van der Waals surface area contributed by atoms with Crippen molar-refractivity contribution in [2.24, 2.45) is 11.8 Å². The summed E-state index contributed by atoms with van der Waals surface area (Å²) in [5, 5.41) is 2.96. The van der Waals surface area contributed by atoms with Gasteiger partial charge in [-0.05, 0) is 43.2 Å². The molecule has 2 aromatic rings. The van der Waals surface area contributed by atoms with Gasteiger partial charge in [-0.1, -0.05) is 36.2 Å². The van der Waals surface area contributed by atoms with Crippen molar-refractivity contribution in [3.8, 4) is 11.1 Å². The number of rotatable bonds is 2. The lowest BCUT2D eigenvalue weighted by Crippen LogP contribution is -2.33. The minimum absolute atomic E-state index is 0.0658. The van der Waals surface area contributed by atoms with E-state index in [9.17, 15) is 4.79 Å². The molecule has 5 nitrogen and oxygen atoms in total. The first kappa shape index (κ1) is 15.9. The summed E-state index contributed by atoms with van der Waals surface area (Å²) in [6, 6.07) is 10.1. The van der Waals surface area contributed by atoms with Gasteiger partial charge in [0.2, 0.25) is 0 Å². The number of benzene rings is 1. The minimum Gasteiger partial charge on any atom is -0.382 e. The van der Waals surface area contributed by atoms with Gasteiger partial charge in [-0.2, -0.15) is 0 Å². The molecule has 1 saturated heterocycles. The Morgan fingerprint density at radius 3 is 2.52 bits per heavy atom. The SMILES string of the molecule is Cc1ccc(-c2cnc(N)c(NC(=O)N3CC4CCCC4C3)c2)cc1. The fraction of sp³-hybridized carbons (Fsp3) is 0.400. The molecule has 2 atom stereocenters. The minimum atomic E-state index is -0.0658. The maximum atomic E-state index is 12.6. The van der Waals surface area contributed by atoms with Gasteiger partial charge in [-0.25, -0.2) is 9.78 Å². The Bertz CT molecular complexity index is 775. The van der Waals surface area contributed by atoms with Gasteiger partial charge >= 0.3 is 6.03 Å². The third kappa shape index (κ3) is 3.18. The Balaban J connectivity index is 1.51. The second-order valence-corrected chi connectivity index (χ2v) is 7.31. The second kappa shape index (κ2) is 6.39. The molecule has 2 unspecified atom stereocenters. The lowest BCUT2D eigenvalue weighted by atomic mass is 10.0. The molecular formula is C20H24N4O. The highest BCUT2D eigenvalue weighted by Gasteiger charge is 2.38. The maximum Gasteiger partial charge on any atom is 0.321 e. The summed E-state index contributed by atoms with van der Waals surface area (Å²) in [5.74, 6) is 1.71. The van der Waals surface area contributed by atoms with Crippen molar-refractivity contribution in [2.75, 3.05) is 24.1 Å². The van der Waals surface area contributed by atoms with Crippen LogP contribution in [-0.2, 0) is 0 Å². The maximum absolute atomic E-state index is 12.6. The fourth-order valence-electron chi connectivity index (χ4n) is 4.07. The van der Waals surface area contributed by atoms with E-state index >= 15 is 0 Å². The summed E-state index contributed by atoms with van der Waals surface area (Å²) in [6.07, 6.45) is 5.55. The van der Waals surface area contributed by atoms with Crippen LogP contribution < -0.4 is 11.1 Å². The van der Waals surface area contributed by atoms with E-state index in [-0.39, 0.29) is 6.03 Å². The number of likely N-dealkylation sites (tertiary alicyclic amines) is 1. The van der Waals surface area contributed by atoms with Crippen LogP contribution in [0.5, 0.6) is 0 Å². The van der Waals surface area contributed by atoms with Crippen molar-refractivity contribution in [2.45, 2.75) is 26.2 Å². The van der Waals surface area contributed by atoms with Gasteiger partial charge in [0.15, 0.2) is 0 Å². The van der Waals surface area contributed by atoms with Gasteiger partial charge in [-0.3, -0.25) is 0 Å². The molecule has 130 valence electrons. The van der Waals surface area contributed by atoms with E-state index in [1.807, 2.05) is 11.0 Å². The van der Waals surface area contributed by atoms with Gasteiger partial charge in [-0.15, -0.1) is 0 Å². The number of nitrogens with one attached hydrogen (secondary N) is 1. The van der Waals surface area contributed by atoms with Gasteiger partial charge in [0, 0.05) is 24.8 Å². The van der Waals surface area contributed by atoms with E-state index in [2.05, 4.69) is 41.5 Å². The highest BCUT2D eigenvalue weighted by molar-refractivity contribution is 5.93. The third-order valence-corrected chi connectivity index (χ3v) is 5.56. The average Bonchev–Trinajstić information content (AvgIpc) is 3.19. The summed E-state index contributed by atoms with van der Waals surface area (Å²) < 4.78 is 0. The number of aryl methyl sites for hydroxylation is 1. The molecule has 4 rings (SSSR count). The Morgan fingerprint density at radius 2 is 1.84 bits per heavy atom. The molecule has 2 aliphatic rings. The Morgan fingerprint density at radius 1 is 1.16 bits per heavy atom. The fourth-order valence-corrected chi connectivity index (χ4v) is 4.07. The predicted molar refractivity (Wildman–Crippen MR) is 100 cm³/mol. The molecule has 3 N–H and O–H groups in total. The molecule has 1 aromatic heterocycles. The molecule has 0 spiro atoms. The molecule has 2 fully saturated rings. The number of carbonyl (C=O) groups excluding carboxylic acids is 1. The average molecular weight is 336 g/mol. The van der Waals surface area contributed by atoms with Crippen LogP contribution in [0.25, 0.3) is 11.1 Å². The molecule has 1 saturated carbocycles. The molecule has 5 heteroatoms. The van der Waals surface area contributed by atoms with E-state index in [4.69, 9.17) is 5.73 Å². The van der Waals surface area contributed by atoms with Crippen molar-refractivity contribution in [3.63, 3.8) is 0 Å². The lowest BCUT2D eigenvalue weighted by molar-refractivity contribution is 0.219. The van der Waals surface area contributed by atoms with Gasteiger partial charge in [0.05, 0.1) is 5.69 Å². The first-order valence-corrected chi connectivity index (χ1v) is 8.98. The zero-order chi connectivity index (χ0) is 17.4. The molecule has 0 bridgehead atoms. The zero-order valence-corrected chi connectivity index (χ0v) is 14.5. The van der Waals surface area contributed by atoms with E-state index < -0.39 is 0 Å². The van der Waals surface area contributed by atoms with Crippen molar-refractivity contribution in [1.29, 1.82) is 0 Å². The predicted octanol–water partition coefficient (Wildman–Crippen LogP) is 3.90. The molecule has 1 aliphatic heterocycles. The standard InChI is InChI=1S/C20H24N4O/c1-13-5-7-14(8-6-13)17-9-18(19(21)22-10-17)23-20(25)24-11-15-3-2-4-16(15)12-24/h5-10,15-16H,2-4,11-12H2,1H3,(H2,21,22)(H,23,25). The quantitative estimate of drug-likeness (QED) is 0.873. The number of nitrogen functional groups attached to an aromatic ring is 1. The third-order valence-electron chi connectivity index (χ3n) is 5.56. The van der Waals surface area contributed by atoms with Crippen LogP contribution in [0.2, 0.25) is 0 Å². The normalized spacial score (nSPS) is 22.0. The molecular weight excluding hydrogens is 312 g/mol. The van der Waals surface area contributed by atoms with Crippen LogP contribution in [0.3, 0.4) is 0 Å². The summed E-state index contributed by atoms with van der Waals surface area (Å²) >= 11 is 0. The number of urea groups is 1. The Kier molecular flexibility index (Phi) is 4.07. The highest BCUT2D eigenvalue weighted by atomic mass is 16.2. The largest absolute Gasteiger partial charge is 0.382 e. The van der Waals surface area contributed by atoms with Gasteiger partial charge < -0.3 is 16.0 Å². The van der Waals surface area contributed by atoms with Crippen LogP contribution in [0.4, 0.5) is 16.3 Å². The Hall–Kier alpha value is -2.56. The molecule has 2 amide bonds. The highest BCUT2D eigenvalue weighted by Crippen LogP contribution is 2.38. The Labute approximate surface area is 148 Å². The van der Waals surface area contributed by atoms with Crippen molar-refractivity contribution >= 4 is 17.5 Å².